The Bertz CT molecular complexity index is 851. The summed E-state index contributed by atoms with van der Waals surface area (Å²) in [4.78, 5) is 16.7. The van der Waals surface area contributed by atoms with Crippen LogP contribution in [0.15, 0.2) is 52.5 Å². The molecule has 1 aromatic carbocycles. The van der Waals surface area contributed by atoms with E-state index in [1.54, 1.807) is 29.2 Å². The fraction of sp³-hybridized carbons (Fsp3) is 0.188. The number of fused-ring (bicyclic) bond motifs is 1. The van der Waals surface area contributed by atoms with Crippen LogP contribution in [0.25, 0.3) is 11.0 Å². The Kier molecular flexibility index (Phi) is 4.95. The number of pyridine rings is 1. The van der Waals surface area contributed by atoms with Gasteiger partial charge >= 0.3 is 6.09 Å². The van der Waals surface area contributed by atoms with E-state index in [9.17, 15) is 9.18 Å². The Labute approximate surface area is 141 Å². The number of hydrogen-bond donors (Lipinski definition) is 2. The summed E-state index contributed by atoms with van der Waals surface area (Å²) in [6.45, 7) is 0.955. The summed E-state index contributed by atoms with van der Waals surface area (Å²) < 4.78 is 14.7. The van der Waals surface area contributed by atoms with Crippen molar-refractivity contribution in [2.75, 3.05) is 6.54 Å². The first kappa shape index (κ1) is 16.3. The Balaban J connectivity index is 1.68. The van der Waals surface area contributed by atoms with E-state index in [1.165, 1.54) is 23.9 Å². The topological polar surface area (TPSA) is 80.0 Å². The van der Waals surface area contributed by atoms with Gasteiger partial charge in [0.1, 0.15) is 5.82 Å². The number of rotatable bonds is 6. The third-order valence-corrected chi connectivity index (χ3v) is 4.29. The molecule has 124 valence electrons. The molecule has 0 saturated carbocycles. The lowest BCUT2D eigenvalue weighted by Gasteiger charge is -2.04. The molecule has 8 heteroatoms. The smallest absolute Gasteiger partial charge is 0.404 e. The molecule has 0 unspecified atom stereocenters. The minimum absolute atomic E-state index is 0.258. The Morgan fingerprint density at radius 3 is 2.79 bits per heavy atom. The minimum Gasteiger partial charge on any atom is -0.465 e. The second-order valence-electron chi connectivity index (χ2n) is 5.09. The van der Waals surface area contributed by atoms with E-state index in [1.807, 2.05) is 6.07 Å². The molecule has 3 aromatic rings. The summed E-state index contributed by atoms with van der Waals surface area (Å²) in [6, 6.07) is 8.29. The van der Waals surface area contributed by atoms with Gasteiger partial charge in [0, 0.05) is 34.5 Å². The molecule has 24 heavy (non-hydrogen) atoms. The SMILES string of the molecule is O=C(O)NCCCn1ncc2cc(Sc3ccc(F)cc3)cnc21. The van der Waals surface area contributed by atoms with Gasteiger partial charge in [-0.1, -0.05) is 11.8 Å². The maximum Gasteiger partial charge on any atom is 0.404 e. The van der Waals surface area contributed by atoms with Crippen molar-refractivity contribution < 1.29 is 14.3 Å². The van der Waals surface area contributed by atoms with Crippen LogP contribution < -0.4 is 5.32 Å². The number of hydrogen-bond acceptors (Lipinski definition) is 4. The summed E-state index contributed by atoms with van der Waals surface area (Å²) in [7, 11) is 0. The first-order chi connectivity index (χ1) is 11.6. The van der Waals surface area contributed by atoms with Crippen molar-refractivity contribution in [1.29, 1.82) is 0 Å². The highest BCUT2D eigenvalue weighted by atomic mass is 32.2. The van der Waals surface area contributed by atoms with E-state index in [-0.39, 0.29) is 5.82 Å². The van der Waals surface area contributed by atoms with Gasteiger partial charge in [-0.2, -0.15) is 5.10 Å². The van der Waals surface area contributed by atoms with E-state index in [2.05, 4.69) is 15.4 Å². The quantitative estimate of drug-likeness (QED) is 0.669. The fourth-order valence-corrected chi connectivity index (χ4v) is 3.07. The van der Waals surface area contributed by atoms with Gasteiger partial charge in [0.2, 0.25) is 0 Å². The van der Waals surface area contributed by atoms with Gasteiger partial charge < -0.3 is 10.4 Å². The number of nitrogens with zero attached hydrogens (tertiary/aromatic N) is 3. The lowest BCUT2D eigenvalue weighted by Crippen LogP contribution is -2.23. The van der Waals surface area contributed by atoms with E-state index in [4.69, 9.17) is 5.11 Å². The highest BCUT2D eigenvalue weighted by Gasteiger charge is 2.07. The van der Waals surface area contributed by atoms with E-state index in [0.29, 0.717) is 19.5 Å². The Morgan fingerprint density at radius 2 is 2.04 bits per heavy atom. The number of carbonyl (C=O) groups is 1. The molecule has 3 rings (SSSR count). The van der Waals surface area contributed by atoms with E-state index < -0.39 is 6.09 Å². The van der Waals surface area contributed by atoms with Crippen molar-refractivity contribution in [2.45, 2.75) is 22.8 Å². The predicted molar refractivity (Wildman–Crippen MR) is 88.7 cm³/mol. The van der Waals surface area contributed by atoms with Gasteiger partial charge in [-0.15, -0.1) is 0 Å². The number of benzene rings is 1. The fourth-order valence-electron chi connectivity index (χ4n) is 2.23. The largest absolute Gasteiger partial charge is 0.465 e. The van der Waals surface area contributed by atoms with Crippen molar-refractivity contribution in [3.05, 3.63) is 48.5 Å². The second kappa shape index (κ2) is 7.31. The van der Waals surface area contributed by atoms with Crippen LogP contribution in [0.4, 0.5) is 9.18 Å². The van der Waals surface area contributed by atoms with Crippen molar-refractivity contribution in [3.8, 4) is 0 Å². The molecular formula is C16H15FN4O2S. The normalized spacial score (nSPS) is 10.9. The lowest BCUT2D eigenvalue weighted by atomic mass is 10.3. The molecule has 6 nitrogen and oxygen atoms in total. The Morgan fingerprint density at radius 1 is 1.25 bits per heavy atom. The molecule has 0 fully saturated rings. The number of halogens is 1. The average molecular weight is 346 g/mol. The molecule has 0 radical (unpaired) electrons. The van der Waals surface area contributed by atoms with Gasteiger partial charge in [0.25, 0.3) is 0 Å². The van der Waals surface area contributed by atoms with Crippen molar-refractivity contribution in [3.63, 3.8) is 0 Å². The zero-order valence-corrected chi connectivity index (χ0v) is 13.5. The molecule has 0 spiro atoms. The maximum absolute atomic E-state index is 12.9. The lowest BCUT2D eigenvalue weighted by molar-refractivity contribution is 0.194. The monoisotopic (exact) mass is 346 g/mol. The molecule has 2 N–H and O–H groups in total. The summed E-state index contributed by atoms with van der Waals surface area (Å²) in [5.41, 5.74) is 0.758. The predicted octanol–water partition coefficient (Wildman–Crippen LogP) is 3.38. The number of aromatic nitrogens is 3. The van der Waals surface area contributed by atoms with Gasteiger partial charge in [-0.05, 0) is 36.8 Å². The molecule has 1 amide bonds. The van der Waals surface area contributed by atoms with Crippen molar-refractivity contribution in [1.82, 2.24) is 20.1 Å². The molecule has 0 aliphatic carbocycles. The summed E-state index contributed by atoms with van der Waals surface area (Å²) >= 11 is 1.50. The molecule has 0 aliphatic rings. The highest BCUT2D eigenvalue weighted by Crippen LogP contribution is 2.29. The van der Waals surface area contributed by atoms with Crippen molar-refractivity contribution >= 4 is 28.9 Å². The van der Waals surface area contributed by atoms with E-state index >= 15 is 0 Å². The molecule has 0 aliphatic heterocycles. The summed E-state index contributed by atoms with van der Waals surface area (Å²) in [6.07, 6.45) is 3.10. The van der Waals surface area contributed by atoms with Gasteiger partial charge in [-0.25, -0.2) is 18.9 Å². The standard InChI is InChI=1S/C16H15FN4O2S/c17-12-2-4-13(5-3-12)24-14-8-11-9-20-21(15(11)19-10-14)7-1-6-18-16(22)23/h2-5,8-10,18H,1,6-7H2,(H,22,23). The van der Waals surface area contributed by atoms with Crippen LogP contribution in [0.1, 0.15) is 6.42 Å². The maximum atomic E-state index is 12.9. The number of aryl methyl sites for hydroxylation is 1. The minimum atomic E-state index is -1.03. The molecular weight excluding hydrogens is 331 g/mol. The van der Waals surface area contributed by atoms with Gasteiger partial charge in [0.05, 0.1) is 6.20 Å². The zero-order chi connectivity index (χ0) is 16.9. The van der Waals surface area contributed by atoms with Crippen LogP contribution in [0.2, 0.25) is 0 Å². The average Bonchev–Trinajstić information content (AvgIpc) is 2.96. The van der Waals surface area contributed by atoms with Crippen LogP contribution in [0, 0.1) is 5.82 Å². The second-order valence-corrected chi connectivity index (χ2v) is 6.24. The molecule has 0 atom stereocenters. The third kappa shape index (κ3) is 4.02. The van der Waals surface area contributed by atoms with Crippen LogP contribution in [0.5, 0.6) is 0 Å². The first-order valence-electron chi connectivity index (χ1n) is 7.33. The van der Waals surface area contributed by atoms with Crippen LogP contribution in [-0.2, 0) is 6.54 Å². The number of amides is 1. The van der Waals surface area contributed by atoms with Gasteiger partial charge in [-0.3, -0.25) is 0 Å². The van der Waals surface area contributed by atoms with Crippen LogP contribution in [0.3, 0.4) is 0 Å². The van der Waals surface area contributed by atoms with Crippen LogP contribution in [-0.4, -0.2) is 32.5 Å². The summed E-state index contributed by atoms with van der Waals surface area (Å²) in [5.74, 6) is -0.258. The molecule has 0 bridgehead atoms. The Hall–Kier alpha value is -2.61. The van der Waals surface area contributed by atoms with E-state index in [0.717, 1.165) is 20.8 Å². The summed E-state index contributed by atoms with van der Waals surface area (Å²) in [5, 5.41) is 16.1. The van der Waals surface area contributed by atoms with Gasteiger partial charge in [0.15, 0.2) is 5.65 Å². The molecule has 2 aromatic heterocycles. The number of nitrogens with one attached hydrogen (secondary N) is 1. The molecule has 0 saturated heterocycles. The first-order valence-corrected chi connectivity index (χ1v) is 8.15. The highest BCUT2D eigenvalue weighted by molar-refractivity contribution is 7.99. The van der Waals surface area contributed by atoms with Crippen LogP contribution >= 0.6 is 11.8 Å². The van der Waals surface area contributed by atoms with Crippen molar-refractivity contribution in [2.24, 2.45) is 0 Å². The third-order valence-electron chi connectivity index (χ3n) is 3.32. The zero-order valence-electron chi connectivity index (χ0n) is 12.6. The molecule has 2 heterocycles. The number of carboxylic acid groups (broad SMARTS) is 1.